The second-order valence-corrected chi connectivity index (χ2v) is 7.82. The lowest BCUT2D eigenvalue weighted by Gasteiger charge is -2.12. The summed E-state index contributed by atoms with van der Waals surface area (Å²) in [6, 6.07) is 13.6. The van der Waals surface area contributed by atoms with Crippen LogP contribution in [-0.2, 0) is 27.1 Å². The lowest BCUT2D eigenvalue weighted by molar-refractivity contribution is -0.120. The van der Waals surface area contributed by atoms with Crippen molar-refractivity contribution in [2.45, 2.75) is 12.3 Å². The highest BCUT2D eigenvalue weighted by Crippen LogP contribution is 2.16. The number of carbonyl (C=O) groups excluding carboxylic acids is 2. The third-order valence-corrected chi connectivity index (χ3v) is 5.33. The number of hydrogen-bond acceptors (Lipinski definition) is 5. The van der Waals surface area contributed by atoms with Crippen LogP contribution in [0.3, 0.4) is 0 Å². The Hall–Kier alpha value is -2.91. The molecular formula is C19H23N3O5S. The van der Waals surface area contributed by atoms with Crippen molar-refractivity contribution in [2.75, 3.05) is 20.7 Å². The van der Waals surface area contributed by atoms with Crippen molar-refractivity contribution in [1.82, 2.24) is 15.4 Å². The van der Waals surface area contributed by atoms with Crippen LogP contribution in [0.4, 0.5) is 0 Å². The molecule has 0 radical (unpaired) electrons. The minimum Gasteiger partial charge on any atom is -0.496 e. The van der Waals surface area contributed by atoms with Crippen LogP contribution >= 0.6 is 0 Å². The van der Waals surface area contributed by atoms with Gasteiger partial charge in [-0.05, 0) is 30.3 Å². The number of sulfonamides is 1. The van der Waals surface area contributed by atoms with E-state index in [1.54, 1.807) is 48.5 Å². The summed E-state index contributed by atoms with van der Waals surface area (Å²) in [6.07, 6.45) is 0. The molecule has 9 heteroatoms. The van der Waals surface area contributed by atoms with Crippen molar-refractivity contribution in [3.63, 3.8) is 0 Å². The maximum absolute atomic E-state index is 12.2. The molecular weight excluding hydrogens is 382 g/mol. The second kappa shape index (κ2) is 9.86. The number of ether oxygens (including phenoxy) is 1. The smallest absolute Gasteiger partial charge is 0.255 e. The molecule has 2 amide bonds. The van der Waals surface area contributed by atoms with Crippen LogP contribution in [0, 0.1) is 0 Å². The quantitative estimate of drug-likeness (QED) is 0.571. The number of para-hydroxylation sites is 1. The van der Waals surface area contributed by atoms with Crippen molar-refractivity contribution >= 4 is 21.8 Å². The topological polar surface area (TPSA) is 114 Å². The van der Waals surface area contributed by atoms with E-state index in [4.69, 9.17) is 4.74 Å². The van der Waals surface area contributed by atoms with Gasteiger partial charge in [0, 0.05) is 6.54 Å². The van der Waals surface area contributed by atoms with Crippen LogP contribution < -0.4 is 20.1 Å². The average molecular weight is 405 g/mol. The van der Waals surface area contributed by atoms with Gasteiger partial charge >= 0.3 is 0 Å². The van der Waals surface area contributed by atoms with Crippen LogP contribution in [0.5, 0.6) is 5.75 Å². The van der Waals surface area contributed by atoms with Gasteiger partial charge in [-0.1, -0.05) is 36.4 Å². The maximum atomic E-state index is 12.2. The fourth-order valence-electron chi connectivity index (χ4n) is 2.49. The monoisotopic (exact) mass is 405 g/mol. The van der Waals surface area contributed by atoms with Crippen molar-refractivity contribution in [3.05, 3.63) is 65.2 Å². The van der Waals surface area contributed by atoms with E-state index in [0.717, 1.165) is 0 Å². The van der Waals surface area contributed by atoms with E-state index in [1.807, 2.05) is 0 Å². The van der Waals surface area contributed by atoms with Gasteiger partial charge < -0.3 is 15.4 Å². The lowest BCUT2D eigenvalue weighted by Crippen LogP contribution is -2.37. The molecule has 150 valence electrons. The summed E-state index contributed by atoms with van der Waals surface area (Å²) in [6.45, 7) is -0.0629. The minimum atomic E-state index is -3.42. The standard InChI is InChI=1S/C19H23N3O5S/c1-20-28(25,26)13-15-8-4-3-7-14(15)11-21-18(23)12-22-19(24)16-9-5-6-10-17(16)27-2/h3-10,20H,11-13H2,1-2H3,(H,21,23)(H,22,24). The molecule has 0 atom stereocenters. The van der Waals surface area contributed by atoms with Crippen molar-refractivity contribution in [3.8, 4) is 5.75 Å². The number of amides is 2. The lowest BCUT2D eigenvalue weighted by atomic mass is 10.1. The van der Waals surface area contributed by atoms with Gasteiger partial charge in [-0.2, -0.15) is 0 Å². The normalized spacial score (nSPS) is 10.9. The summed E-state index contributed by atoms with van der Waals surface area (Å²) in [7, 11) is -0.610. The average Bonchev–Trinajstić information content (AvgIpc) is 2.71. The van der Waals surface area contributed by atoms with Gasteiger partial charge in [-0.15, -0.1) is 0 Å². The zero-order valence-corrected chi connectivity index (χ0v) is 16.5. The van der Waals surface area contributed by atoms with Crippen molar-refractivity contribution < 1.29 is 22.7 Å². The fraction of sp³-hybridized carbons (Fsp3) is 0.263. The molecule has 28 heavy (non-hydrogen) atoms. The van der Waals surface area contributed by atoms with Crippen LogP contribution in [0.1, 0.15) is 21.5 Å². The molecule has 2 rings (SSSR count). The number of hydrogen-bond donors (Lipinski definition) is 3. The number of carbonyl (C=O) groups is 2. The van der Waals surface area contributed by atoms with E-state index in [1.165, 1.54) is 14.2 Å². The van der Waals surface area contributed by atoms with Gasteiger partial charge in [0.25, 0.3) is 5.91 Å². The Labute approximate surface area is 164 Å². The minimum absolute atomic E-state index is 0.152. The Kier molecular flexibility index (Phi) is 7.53. The molecule has 0 aliphatic heterocycles. The molecule has 0 heterocycles. The first kappa shape index (κ1) is 21.4. The zero-order chi connectivity index (χ0) is 20.6. The van der Waals surface area contributed by atoms with Gasteiger partial charge in [0.1, 0.15) is 5.75 Å². The van der Waals surface area contributed by atoms with E-state index >= 15 is 0 Å². The number of rotatable bonds is 9. The predicted molar refractivity (Wildman–Crippen MR) is 105 cm³/mol. The Morgan fingerprint density at radius 2 is 1.61 bits per heavy atom. The molecule has 0 saturated carbocycles. The van der Waals surface area contributed by atoms with E-state index in [9.17, 15) is 18.0 Å². The summed E-state index contributed by atoms with van der Waals surface area (Å²) >= 11 is 0. The SMILES string of the molecule is CNS(=O)(=O)Cc1ccccc1CNC(=O)CNC(=O)c1ccccc1OC. The van der Waals surface area contributed by atoms with Crippen LogP contribution in [0.2, 0.25) is 0 Å². The summed E-state index contributed by atoms with van der Waals surface area (Å²) in [4.78, 5) is 24.3. The molecule has 0 unspecified atom stereocenters. The highest BCUT2D eigenvalue weighted by Gasteiger charge is 2.14. The predicted octanol–water partition coefficient (Wildman–Crippen LogP) is 0.791. The highest BCUT2D eigenvalue weighted by molar-refractivity contribution is 7.88. The first-order chi connectivity index (χ1) is 13.4. The summed E-state index contributed by atoms with van der Waals surface area (Å²) in [5.74, 6) is -0.581. The third kappa shape index (κ3) is 6.07. The largest absolute Gasteiger partial charge is 0.496 e. The molecule has 2 aromatic rings. The van der Waals surface area contributed by atoms with Crippen LogP contribution in [0.15, 0.2) is 48.5 Å². The molecule has 0 aliphatic carbocycles. The molecule has 2 aromatic carbocycles. The van der Waals surface area contributed by atoms with E-state index in [0.29, 0.717) is 22.4 Å². The van der Waals surface area contributed by atoms with Gasteiger partial charge in [0.2, 0.25) is 15.9 Å². The molecule has 0 aliphatic rings. The number of methoxy groups -OCH3 is 1. The summed E-state index contributed by atoms with van der Waals surface area (Å²) in [5.41, 5.74) is 1.61. The molecule has 0 bridgehead atoms. The van der Waals surface area contributed by atoms with Crippen molar-refractivity contribution in [1.29, 1.82) is 0 Å². The van der Waals surface area contributed by atoms with Crippen LogP contribution in [0.25, 0.3) is 0 Å². The summed E-state index contributed by atoms with van der Waals surface area (Å²) < 4.78 is 30.9. The Balaban J connectivity index is 1.92. The van der Waals surface area contributed by atoms with Gasteiger partial charge in [0.05, 0.1) is 25.0 Å². The highest BCUT2D eigenvalue weighted by atomic mass is 32.2. The zero-order valence-electron chi connectivity index (χ0n) is 15.7. The molecule has 0 saturated heterocycles. The molecule has 3 N–H and O–H groups in total. The molecule has 0 fully saturated rings. The van der Waals surface area contributed by atoms with Gasteiger partial charge in [0.15, 0.2) is 0 Å². The van der Waals surface area contributed by atoms with Crippen LogP contribution in [-0.4, -0.2) is 40.9 Å². The molecule has 0 spiro atoms. The Bertz CT molecular complexity index is 944. The van der Waals surface area contributed by atoms with E-state index in [-0.39, 0.29) is 18.8 Å². The van der Waals surface area contributed by atoms with E-state index in [2.05, 4.69) is 15.4 Å². The van der Waals surface area contributed by atoms with Crippen molar-refractivity contribution in [2.24, 2.45) is 0 Å². The Morgan fingerprint density at radius 1 is 0.964 bits per heavy atom. The molecule has 0 aromatic heterocycles. The summed E-state index contributed by atoms with van der Waals surface area (Å²) in [5, 5.41) is 5.21. The maximum Gasteiger partial charge on any atom is 0.255 e. The van der Waals surface area contributed by atoms with Gasteiger partial charge in [-0.3, -0.25) is 9.59 Å². The number of nitrogens with one attached hydrogen (secondary N) is 3. The third-order valence-electron chi connectivity index (χ3n) is 4.01. The first-order valence-electron chi connectivity index (χ1n) is 8.52. The second-order valence-electron chi connectivity index (χ2n) is 5.89. The Morgan fingerprint density at radius 3 is 2.29 bits per heavy atom. The number of benzene rings is 2. The van der Waals surface area contributed by atoms with E-state index < -0.39 is 21.8 Å². The van der Waals surface area contributed by atoms with Gasteiger partial charge in [-0.25, -0.2) is 13.1 Å². The molecule has 8 nitrogen and oxygen atoms in total. The fourth-order valence-corrected chi connectivity index (χ4v) is 3.33. The first-order valence-corrected chi connectivity index (χ1v) is 10.2.